The molecule has 1 aliphatic carbocycles. The molecule has 0 heterocycles. The Labute approximate surface area is 468 Å². The van der Waals surface area contributed by atoms with Gasteiger partial charge in [0.25, 0.3) is 0 Å². The van der Waals surface area contributed by atoms with Gasteiger partial charge in [-0.1, -0.05) is 38.5 Å². The monoisotopic (exact) mass is 1110 g/mol. The van der Waals surface area contributed by atoms with Crippen molar-refractivity contribution >= 4 is 47.8 Å². The maximum atomic E-state index is 12.8. The lowest BCUT2D eigenvalue weighted by atomic mass is 9.77. The van der Waals surface area contributed by atoms with Crippen molar-refractivity contribution in [1.29, 1.82) is 0 Å². The minimum absolute atomic E-state index is 0.188. The van der Waals surface area contributed by atoms with Crippen molar-refractivity contribution in [3.63, 3.8) is 0 Å². The van der Waals surface area contributed by atoms with Crippen LogP contribution in [0.1, 0.15) is 215 Å². The molecule has 0 spiro atoms. The number of carbonyl (C=O) groups excluding carboxylic acids is 8. The SMILES string of the molecule is C=C(C)C(=O)OCCCCC(=O)OCCCCC(=O)OCCCCC(=O)OCCCCC(=O)OCCCCC(=O)OCCCCC(=O)OCCCCCCOc1ccc(C(=O)Oc2ccc([C@H]3CC[C@H](CCC)CC3)cc2)cc1. The average molecular weight is 1110 g/mol. The molecule has 0 atom stereocenters. The van der Waals surface area contributed by atoms with E-state index in [9.17, 15) is 38.4 Å². The van der Waals surface area contributed by atoms with Gasteiger partial charge in [-0.05, 0) is 189 Å². The lowest BCUT2D eigenvalue weighted by Gasteiger charge is -2.28. The van der Waals surface area contributed by atoms with E-state index in [4.69, 9.17) is 42.6 Å². The second-order valence-corrected chi connectivity index (χ2v) is 20.2. The normalized spacial score (nSPS) is 13.8. The molecule has 440 valence electrons. The van der Waals surface area contributed by atoms with Crippen molar-refractivity contribution in [1.82, 2.24) is 0 Å². The van der Waals surface area contributed by atoms with E-state index in [1.54, 1.807) is 31.2 Å². The quantitative estimate of drug-likeness (QED) is 0.0198. The minimum atomic E-state index is -0.451. The first-order valence-corrected chi connectivity index (χ1v) is 29.1. The van der Waals surface area contributed by atoms with Crippen LogP contribution in [0, 0.1) is 5.92 Å². The molecule has 0 aliphatic heterocycles. The molecular weight excluding hydrogens is 1020 g/mol. The third kappa shape index (κ3) is 33.7. The van der Waals surface area contributed by atoms with Crippen molar-refractivity contribution in [2.75, 3.05) is 52.9 Å². The third-order valence-electron chi connectivity index (χ3n) is 13.3. The summed E-state index contributed by atoms with van der Waals surface area (Å²) in [6.07, 6.45) is 18.6. The Hall–Kier alpha value is -6.26. The molecule has 0 aromatic heterocycles. The third-order valence-corrected chi connectivity index (χ3v) is 13.3. The Kier molecular flexibility index (Phi) is 36.2. The Morgan fingerprint density at radius 2 is 0.759 bits per heavy atom. The molecule has 1 aliphatic rings. The lowest BCUT2D eigenvalue weighted by molar-refractivity contribution is -0.146. The predicted molar refractivity (Wildman–Crippen MR) is 296 cm³/mol. The zero-order valence-electron chi connectivity index (χ0n) is 47.4. The molecule has 0 amide bonds. The number of benzene rings is 2. The molecule has 17 nitrogen and oxygen atoms in total. The summed E-state index contributed by atoms with van der Waals surface area (Å²) < 4.78 is 47.9. The number of esters is 8. The summed E-state index contributed by atoms with van der Waals surface area (Å²) in [7, 11) is 0. The van der Waals surface area contributed by atoms with E-state index in [0.29, 0.717) is 119 Å². The van der Waals surface area contributed by atoms with Gasteiger partial charge < -0.3 is 42.6 Å². The molecule has 17 heteroatoms. The van der Waals surface area contributed by atoms with Crippen molar-refractivity contribution in [2.45, 2.75) is 200 Å². The number of hydrogen-bond acceptors (Lipinski definition) is 17. The summed E-state index contributed by atoms with van der Waals surface area (Å²) in [6.45, 7) is 9.44. The van der Waals surface area contributed by atoms with Gasteiger partial charge in [0.15, 0.2) is 0 Å². The van der Waals surface area contributed by atoms with Gasteiger partial charge in [0.1, 0.15) is 11.5 Å². The molecule has 0 unspecified atom stereocenters. The van der Waals surface area contributed by atoms with E-state index < -0.39 is 11.9 Å². The molecule has 1 fully saturated rings. The second kappa shape index (κ2) is 42.7. The van der Waals surface area contributed by atoms with E-state index in [0.717, 1.165) is 31.6 Å². The Bertz CT molecular complexity index is 2090. The van der Waals surface area contributed by atoms with E-state index in [2.05, 4.69) is 25.6 Å². The van der Waals surface area contributed by atoms with Crippen LogP contribution in [0.25, 0.3) is 0 Å². The first-order valence-electron chi connectivity index (χ1n) is 29.1. The van der Waals surface area contributed by atoms with E-state index in [1.165, 1.54) is 44.1 Å². The number of carbonyl (C=O) groups is 8. The topological polar surface area (TPSA) is 220 Å². The lowest BCUT2D eigenvalue weighted by Crippen LogP contribution is -2.13. The summed E-state index contributed by atoms with van der Waals surface area (Å²) in [5.41, 5.74) is 2.11. The number of unbranched alkanes of at least 4 members (excludes halogenated alkanes) is 9. The van der Waals surface area contributed by atoms with Gasteiger partial charge in [-0.25, -0.2) is 9.59 Å². The van der Waals surface area contributed by atoms with Crippen molar-refractivity contribution in [2.24, 2.45) is 5.92 Å². The largest absolute Gasteiger partial charge is 0.494 e. The fraction of sp³-hybridized carbons (Fsp3) is 0.645. The van der Waals surface area contributed by atoms with E-state index >= 15 is 0 Å². The zero-order valence-corrected chi connectivity index (χ0v) is 47.4. The average Bonchev–Trinajstić information content (AvgIpc) is 3.45. The maximum absolute atomic E-state index is 12.8. The molecule has 0 saturated heterocycles. The molecule has 0 N–H and O–H groups in total. The summed E-state index contributed by atoms with van der Waals surface area (Å²) >= 11 is 0. The van der Waals surface area contributed by atoms with Gasteiger partial charge in [-0.15, -0.1) is 0 Å². The molecule has 2 aromatic carbocycles. The fourth-order valence-corrected chi connectivity index (χ4v) is 8.67. The molecular formula is C62H90O17. The molecule has 2 aromatic rings. The van der Waals surface area contributed by atoms with Crippen molar-refractivity contribution in [3.05, 3.63) is 71.8 Å². The predicted octanol–water partition coefficient (Wildman–Crippen LogP) is 12.3. The highest BCUT2D eigenvalue weighted by Gasteiger charge is 2.22. The van der Waals surface area contributed by atoms with Crippen LogP contribution >= 0.6 is 0 Å². The van der Waals surface area contributed by atoms with Crippen LogP contribution < -0.4 is 9.47 Å². The minimum Gasteiger partial charge on any atom is -0.494 e. The van der Waals surface area contributed by atoms with Crippen molar-refractivity contribution in [3.8, 4) is 11.5 Å². The number of ether oxygens (including phenoxy) is 9. The van der Waals surface area contributed by atoms with E-state index in [-0.39, 0.29) is 114 Å². The molecule has 3 rings (SSSR count). The maximum Gasteiger partial charge on any atom is 0.343 e. The first kappa shape index (κ1) is 67.0. The number of rotatable bonds is 44. The molecule has 79 heavy (non-hydrogen) atoms. The van der Waals surface area contributed by atoms with Gasteiger partial charge in [0, 0.05) is 44.1 Å². The van der Waals surface area contributed by atoms with Crippen molar-refractivity contribution < 1.29 is 81.0 Å². The summed E-state index contributed by atoms with van der Waals surface area (Å²) in [5.74, 6) is -0.197. The van der Waals surface area contributed by atoms with Gasteiger partial charge >= 0.3 is 47.8 Å². The highest BCUT2D eigenvalue weighted by Crippen LogP contribution is 2.38. The summed E-state index contributed by atoms with van der Waals surface area (Å²) in [4.78, 5) is 96.1. The Balaban J connectivity index is 1.02. The summed E-state index contributed by atoms with van der Waals surface area (Å²) in [5, 5.41) is 0. The molecule has 1 saturated carbocycles. The second-order valence-electron chi connectivity index (χ2n) is 20.2. The highest BCUT2D eigenvalue weighted by molar-refractivity contribution is 5.91. The van der Waals surface area contributed by atoms with Crippen LogP contribution in [0.15, 0.2) is 60.7 Å². The Morgan fingerprint density at radius 3 is 1.13 bits per heavy atom. The van der Waals surface area contributed by atoms with Crippen LogP contribution in [0.4, 0.5) is 0 Å². The van der Waals surface area contributed by atoms with Gasteiger partial charge in [-0.2, -0.15) is 0 Å². The zero-order chi connectivity index (χ0) is 57.1. The van der Waals surface area contributed by atoms with Gasteiger partial charge in [0.05, 0.1) is 58.4 Å². The van der Waals surface area contributed by atoms with Crippen LogP contribution in [0.3, 0.4) is 0 Å². The highest BCUT2D eigenvalue weighted by atomic mass is 16.6. The van der Waals surface area contributed by atoms with Crippen LogP contribution in [0.5, 0.6) is 11.5 Å². The summed E-state index contributed by atoms with van der Waals surface area (Å²) in [6, 6.07) is 15.0. The fourth-order valence-electron chi connectivity index (χ4n) is 8.67. The smallest absolute Gasteiger partial charge is 0.343 e. The standard InChI is InChI=1S/C62H90O17/c1-4-21-49-28-30-50(31-29-49)51-32-38-54(39-33-51)79-62(70)52-34-36-53(37-35-52)71-40-13-5-6-14-41-72-55(63)22-7-15-42-73-56(64)23-8-16-43-74-57(65)24-9-17-44-75-58(66)25-10-18-45-76-59(67)26-11-19-46-77-60(68)27-12-20-47-78-61(69)48(2)3/h32-39,49-50H,2,4-31,40-47H2,1,3H3/t49-,50-. The van der Waals surface area contributed by atoms with Crippen LogP contribution in [-0.2, 0) is 66.7 Å². The molecule has 0 bridgehead atoms. The van der Waals surface area contributed by atoms with E-state index in [1.807, 2.05) is 12.1 Å². The Morgan fingerprint density at radius 1 is 0.418 bits per heavy atom. The first-order chi connectivity index (χ1) is 38.3. The number of hydrogen-bond donors (Lipinski definition) is 0. The van der Waals surface area contributed by atoms with Crippen LogP contribution in [-0.4, -0.2) is 101 Å². The van der Waals surface area contributed by atoms with Gasteiger partial charge in [0.2, 0.25) is 0 Å². The van der Waals surface area contributed by atoms with Gasteiger partial charge in [-0.3, -0.25) is 28.8 Å². The molecule has 0 radical (unpaired) electrons. The van der Waals surface area contributed by atoms with Crippen LogP contribution in [0.2, 0.25) is 0 Å².